The van der Waals surface area contributed by atoms with Gasteiger partial charge < -0.3 is 14.9 Å². The number of piperidine rings is 2. The van der Waals surface area contributed by atoms with E-state index in [0.29, 0.717) is 23.8 Å². The number of carboxylic acids is 1. The molecular formula is C21H30N2O3. The highest BCUT2D eigenvalue weighted by atomic mass is 16.4. The number of benzene rings is 1. The van der Waals surface area contributed by atoms with E-state index in [1.54, 1.807) is 12.1 Å². The molecule has 26 heavy (non-hydrogen) atoms. The van der Waals surface area contributed by atoms with Gasteiger partial charge in [0.1, 0.15) is 0 Å². The van der Waals surface area contributed by atoms with Crippen LogP contribution in [0.1, 0.15) is 60.4 Å². The molecule has 3 rings (SSSR count). The van der Waals surface area contributed by atoms with Crippen LogP contribution in [0.2, 0.25) is 0 Å². The number of carbonyl (C=O) groups is 2. The molecule has 2 aliphatic heterocycles. The van der Waals surface area contributed by atoms with Gasteiger partial charge in [0.25, 0.3) is 0 Å². The van der Waals surface area contributed by atoms with E-state index in [1.807, 2.05) is 17.0 Å². The minimum Gasteiger partial charge on any atom is -0.478 e. The van der Waals surface area contributed by atoms with E-state index in [4.69, 9.17) is 5.11 Å². The molecule has 2 fully saturated rings. The van der Waals surface area contributed by atoms with Crippen molar-refractivity contribution in [3.05, 3.63) is 35.4 Å². The van der Waals surface area contributed by atoms with Crippen LogP contribution in [0.25, 0.3) is 0 Å². The average Bonchev–Trinajstić information content (AvgIpc) is 2.67. The van der Waals surface area contributed by atoms with Crippen LogP contribution >= 0.6 is 0 Å². The summed E-state index contributed by atoms with van der Waals surface area (Å²) in [6, 6.07) is 7.14. The van der Waals surface area contributed by atoms with Crippen molar-refractivity contribution in [3.63, 3.8) is 0 Å². The lowest BCUT2D eigenvalue weighted by Crippen LogP contribution is -2.39. The van der Waals surface area contributed by atoms with Gasteiger partial charge in [-0.25, -0.2) is 4.79 Å². The third kappa shape index (κ3) is 4.85. The van der Waals surface area contributed by atoms with Gasteiger partial charge in [0, 0.05) is 25.4 Å². The quantitative estimate of drug-likeness (QED) is 0.878. The number of rotatable bonds is 5. The maximum atomic E-state index is 12.7. The van der Waals surface area contributed by atoms with Crippen molar-refractivity contribution >= 4 is 11.9 Å². The second-order valence-corrected chi connectivity index (χ2v) is 7.89. The highest BCUT2D eigenvalue weighted by Crippen LogP contribution is 2.28. The fraction of sp³-hybridized carbons (Fsp3) is 0.619. The molecule has 0 aromatic heterocycles. The Morgan fingerprint density at radius 2 is 1.77 bits per heavy atom. The summed E-state index contributed by atoms with van der Waals surface area (Å²) >= 11 is 0. The number of hydrogen-bond acceptors (Lipinski definition) is 3. The molecule has 1 N–H and O–H groups in total. The van der Waals surface area contributed by atoms with Crippen molar-refractivity contribution in [2.75, 3.05) is 33.2 Å². The molecule has 1 atom stereocenters. The van der Waals surface area contributed by atoms with Gasteiger partial charge in [0.05, 0.1) is 5.56 Å². The Balaban J connectivity index is 1.51. The average molecular weight is 358 g/mol. The molecule has 5 nitrogen and oxygen atoms in total. The first-order valence-electron chi connectivity index (χ1n) is 9.82. The maximum Gasteiger partial charge on any atom is 0.335 e. The fourth-order valence-corrected chi connectivity index (χ4v) is 4.21. The summed E-state index contributed by atoms with van der Waals surface area (Å²) < 4.78 is 0. The summed E-state index contributed by atoms with van der Waals surface area (Å²) in [5, 5.41) is 9.03. The van der Waals surface area contributed by atoms with Crippen molar-refractivity contribution < 1.29 is 14.7 Å². The van der Waals surface area contributed by atoms with Gasteiger partial charge >= 0.3 is 5.97 Å². The Bertz CT molecular complexity index is 621. The number of carbonyl (C=O) groups excluding carboxylic acids is 1. The molecule has 2 saturated heterocycles. The minimum atomic E-state index is -0.897. The van der Waals surface area contributed by atoms with E-state index in [-0.39, 0.29) is 5.91 Å². The molecule has 1 amide bonds. The van der Waals surface area contributed by atoms with E-state index in [9.17, 15) is 9.59 Å². The predicted molar refractivity (Wildman–Crippen MR) is 101 cm³/mol. The molecule has 5 heteroatoms. The number of hydrogen-bond donors (Lipinski definition) is 1. The van der Waals surface area contributed by atoms with Crippen molar-refractivity contribution in [2.24, 2.45) is 5.92 Å². The van der Waals surface area contributed by atoms with Crippen molar-refractivity contribution in [1.82, 2.24) is 9.80 Å². The van der Waals surface area contributed by atoms with Crippen LogP contribution in [0.3, 0.4) is 0 Å². The van der Waals surface area contributed by atoms with E-state index >= 15 is 0 Å². The molecule has 142 valence electrons. The molecule has 0 bridgehead atoms. The lowest BCUT2D eigenvalue weighted by Gasteiger charge is -2.34. The van der Waals surface area contributed by atoms with Crippen LogP contribution in [0, 0.1) is 5.92 Å². The Morgan fingerprint density at radius 1 is 1.08 bits per heavy atom. The van der Waals surface area contributed by atoms with Crippen LogP contribution in [0.4, 0.5) is 0 Å². The molecule has 0 radical (unpaired) electrons. The molecule has 1 aromatic rings. The normalized spacial score (nSPS) is 22.3. The first-order valence-corrected chi connectivity index (χ1v) is 9.82. The van der Waals surface area contributed by atoms with Gasteiger partial charge in [0.2, 0.25) is 5.91 Å². The Hall–Kier alpha value is -1.88. The Morgan fingerprint density at radius 3 is 2.42 bits per heavy atom. The van der Waals surface area contributed by atoms with Crippen molar-refractivity contribution in [1.29, 1.82) is 0 Å². The summed E-state index contributed by atoms with van der Waals surface area (Å²) in [6.07, 6.45) is 6.18. The predicted octanol–water partition coefficient (Wildman–Crippen LogP) is 3.21. The molecule has 2 aliphatic rings. The van der Waals surface area contributed by atoms with Gasteiger partial charge in [0.15, 0.2) is 0 Å². The van der Waals surface area contributed by atoms with Gasteiger partial charge in [-0.15, -0.1) is 0 Å². The monoisotopic (exact) mass is 358 g/mol. The number of nitrogens with zero attached hydrogens (tertiary/aromatic N) is 2. The third-order valence-corrected chi connectivity index (χ3v) is 6.01. The van der Waals surface area contributed by atoms with Crippen LogP contribution in [0.5, 0.6) is 0 Å². The van der Waals surface area contributed by atoms with Crippen LogP contribution in [-0.2, 0) is 4.79 Å². The van der Waals surface area contributed by atoms with E-state index < -0.39 is 5.97 Å². The summed E-state index contributed by atoms with van der Waals surface area (Å²) in [5.41, 5.74) is 1.46. The van der Waals surface area contributed by atoms with Gasteiger partial charge in [-0.05, 0) is 75.9 Å². The standard InChI is InChI=1S/C21H30N2O3/c1-22-13-10-16(11-14-22)4-9-20(24)23-12-2-3-19(15-23)17-5-7-18(8-6-17)21(25)26/h5-8,16,19H,2-4,9-15H2,1H3,(H,25,26). The fourth-order valence-electron chi connectivity index (χ4n) is 4.21. The SMILES string of the molecule is CN1CCC(CCC(=O)N2CCCC(c3ccc(C(=O)O)cc3)C2)CC1. The van der Waals surface area contributed by atoms with Crippen molar-refractivity contribution in [2.45, 2.75) is 44.4 Å². The zero-order valence-electron chi connectivity index (χ0n) is 15.7. The summed E-state index contributed by atoms with van der Waals surface area (Å²) in [4.78, 5) is 28.0. The summed E-state index contributed by atoms with van der Waals surface area (Å²) in [5.74, 6) is 0.403. The third-order valence-electron chi connectivity index (χ3n) is 6.01. The van der Waals surface area contributed by atoms with E-state index in [2.05, 4.69) is 11.9 Å². The first kappa shape index (κ1) is 18.9. The number of aromatic carboxylic acids is 1. The maximum absolute atomic E-state index is 12.7. The first-order chi connectivity index (χ1) is 12.5. The van der Waals surface area contributed by atoms with Crippen LogP contribution in [0.15, 0.2) is 24.3 Å². The van der Waals surface area contributed by atoms with E-state index in [1.165, 1.54) is 12.8 Å². The van der Waals surface area contributed by atoms with Gasteiger partial charge in [-0.3, -0.25) is 4.79 Å². The molecule has 1 aromatic carbocycles. The van der Waals surface area contributed by atoms with Crippen LogP contribution < -0.4 is 0 Å². The van der Waals surface area contributed by atoms with Gasteiger partial charge in [-0.2, -0.15) is 0 Å². The van der Waals surface area contributed by atoms with Crippen molar-refractivity contribution in [3.8, 4) is 0 Å². The number of carboxylic acid groups (broad SMARTS) is 1. The summed E-state index contributed by atoms with van der Waals surface area (Å²) in [6.45, 7) is 3.92. The number of likely N-dealkylation sites (tertiary alicyclic amines) is 2. The second kappa shape index (κ2) is 8.67. The highest BCUT2D eigenvalue weighted by molar-refractivity contribution is 5.87. The Kier molecular flexibility index (Phi) is 6.30. The molecule has 1 unspecified atom stereocenters. The molecule has 2 heterocycles. The second-order valence-electron chi connectivity index (χ2n) is 7.89. The molecule has 0 saturated carbocycles. The molecule has 0 aliphatic carbocycles. The smallest absolute Gasteiger partial charge is 0.335 e. The lowest BCUT2D eigenvalue weighted by molar-refractivity contribution is -0.132. The lowest BCUT2D eigenvalue weighted by atomic mass is 9.89. The van der Waals surface area contributed by atoms with E-state index in [0.717, 1.165) is 51.0 Å². The van der Waals surface area contributed by atoms with Crippen LogP contribution in [-0.4, -0.2) is 60.0 Å². The molecular weight excluding hydrogens is 328 g/mol. The summed E-state index contributed by atoms with van der Waals surface area (Å²) in [7, 11) is 2.16. The highest BCUT2D eigenvalue weighted by Gasteiger charge is 2.26. The number of amides is 1. The minimum absolute atomic E-state index is 0.288. The largest absolute Gasteiger partial charge is 0.478 e. The zero-order valence-corrected chi connectivity index (χ0v) is 15.7. The molecule has 0 spiro atoms. The Labute approximate surface area is 156 Å². The van der Waals surface area contributed by atoms with Gasteiger partial charge in [-0.1, -0.05) is 12.1 Å². The zero-order chi connectivity index (χ0) is 18.5. The topological polar surface area (TPSA) is 60.9 Å².